The molecule has 3 heterocycles. The third-order valence-electron chi connectivity index (χ3n) is 5.12. The molecule has 6 heteroatoms. The zero-order valence-electron chi connectivity index (χ0n) is 15.8. The minimum atomic E-state index is -0.151. The van der Waals surface area contributed by atoms with Crippen molar-refractivity contribution in [3.63, 3.8) is 0 Å². The molecule has 0 unspecified atom stereocenters. The number of aryl methyl sites for hydroxylation is 1. The number of benzene rings is 1. The molecule has 28 heavy (non-hydrogen) atoms. The van der Waals surface area contributed by atoms with Gasteiger partial charge in [0.15, 0.2) is 0 Å². The summed E-state index contributed by atoms with van der Waals surface area (Å²) in [5.74, 6) is 1.33. The van der Waals surface area contributed by atoms with E-state index in [-0.39, 0.29) is 11.9 Å². The predicted octanol–water partition coefficient (Wildman–Crippen LogP) is 4.99. The van der Waals surface area contributed by atoms with Crippen molar-refractivity contribution in [2.75, 3.05) is 6.54 Å². The quantitative estimate of drug-likeness (QED) is 0.624. The third kappa shape index (κ3) is 3.94. The first-order valence-electron chi connectivity index (χ1n) is 9.53. The average molecular weight is 396 g/mol. The van der Waals surface area contributed by atoms with Gasteiger partial charge in [0.05, 0.1) is 6.20 Å². The van der Waals surface area contributed by atoms with Crippen LogP contribution in [-0.2, 0) is 6.42 Å². The van der Waals surface area contributed by atoms with Gasteiger partial charge in [-0.2, -0.15) is 0 Å². The Bertz CT molecular complexity index is 968. The molecule has 0 spiro atoms. The molecule has 0 N–H and O–H groups in total. The highest BCUT2D eigenvalue weighted by molar-refractivity contribution is 6.30. The molecule has 144 valence electrons. The predicted molar refractivity (Wildman–Crippen MR) is 107 cm³/mol. The maximum absolute atomic E-state index is 13.1. The van der Waals surface area contributed by atoms with Gasteiger partial charge in [-0.25, -0.2) is 4.98 Å². The summed E-state index contributed by atoms with van der Waals surface area (Å²) >= 11 is 5.95. The van der Waals surface area contributed by atoms with Gasteiger partial charge in [0.1, 0.15) is 17.5 Å². The van der Waals surface area contributed by atoms with Crippen molar-refractivity contribution in [2.45, 2.75) is 38.6 Å². The number of likely N-dealkylation sites (tertiary alicyclic amines) is 1. The van der Waals surface area contributed by atoms with Gasteiger partial charge in [0.25, 0.3) is 5.91 Å². The SMILES string of the molecule is Cc1cccnc1C(=O)N1CCCC[C@H]1c1ncc(Cc2ccc(Cl)cc2)o1. The number of piperidine rings is 1. The Labute approximate surface area is 169 Å². The van der Waals surface area contributed by atoms with Gasteiger partial charge in [0.2, 0.25) is 5.89 Å². The fourth-order valence-electron chi connectivity index (χ4n) is 3.64. The Morgan fingerprint density at radius 2 is 2.04 bits per heavy atom. The van der Waals surface area contributed by atoms with Crippen LogP contribution in [0.3, 0.4) is 0 Å². The van der Waals surface area contributed by atoms with E-state index in [4.69, 9.17) is 16.0 Å². The number of halogens is 1. The summed E-state index contributed by atoms with van der Waals surface area (Å²) in [6.07, 6.45) is 6.93. The summed E-state index contributed by atoms with van der Waals surface area (Å²) in [4.78, 5) is 23.8. The number of carbonyl (C=O) groups excluding carboxylic acids is 1. The highest BCUT2D eigenvalue weighted by atomic mass is 35.5. The Morgan fingerprint density at radius 3 is 2.82 bits per heavy atom. The lowest BCUT2D eigenvalue weighted by Gasteiger charge is -2.33. The maximum atomic E-state index is 13.1. The summed E-state index contributed by atoms with van der Waals surface area (Å²) in [7, 11) is 0. The number of hydrogen-bond donors (Lipinski definition) is 0. The van der Waals surface area contributed by atoms with Crippen molar-refractivity contribution in [1.29, 1.82) is 0 Å². The highest BCUT2D eigenvalue weighted by Crippen LogP contribution is 2.32. The van der Waals surface area contributed by atoms with Crippen molar-refractivity contribution in [3.05, 3.63) is 82.3 Å². The van der Waals surface area contributed by atoms with E-state index in [1.807, 2.05) is 48.2 Å². The molecule has 0 saturated carbocycles. The number of rotatable bonds is 4. The minimum Gasteiger partial charge on any atom is -0.443 e. The molecule has 1 amide bonds. The number of hydrogen-bond acceptors (Lipinski definition) is 4. The largest absolute Gasteiger partial charge is 0.443 e. The van der Waals surface area contributed by atoms with Crippen molar-refractivity contribution < 1.29 is 9.21 Å². The van der Waals surface area contributed by atoms with Crippen LogP contribution in [0.4, 0.5) is 0 Å². The van der Waals surface area contributed by atoms with Crippen LogP contribution >= 0.6 is 11.6 Å². The second-order valence-electron chi connectivity index (χ2n) is 7.15. The topological polar surface area (TPSA) is 59.2 Å². The molecule has 1 aliphatic rings. The van der Waals surface area contributed by atoms with E-state index >= 15 is 0 Å². The van der Waals surface area contributed by atoms with Gasteiger partial charge in [-0.1, -0.05) is 29.8 Å². The molecular weight excluding hydrogens is 374 g/mol. The summed E-state index contributed by atoms with van der Waals surface area (Å²) in [5.41, 5.74) is 2.49. The normalized spacial score (nSPS) is 16.9. The van der Waals surface area contributed by atoms with Gasteiger partial charge in [-0.05, 0) is 55.5 Å². The van der Waals surface area contributed by atoms with E-state index in [0.717, 1.165) is 36.1 Å². The van der Waals surface area contributed by atoms with Crippen LogP contribution in [0.2, 0.25) is 5.02 Å². The maximum Gasteiger partial charge on any atom is 0.273 e. The summed E-state index contributed by atoms with van der Waals surface area (Å²) in [6.45, 7) is 2.60. The Balaban J connectivity index is 1.55. The van der Waals surface area contributed by atoms with Gasteiger partial charge in [-0.15, -0.1) is 0 Å². The molecular formula is C22H22ClN3O2. The highest BCUT2D eigenvalue weighted by Gasteiger charge is 2.33. The molecule has 0 bridgehead atoms. The van der Waals surface area contributed by atoms with E-state index in [9.17, 15) is 4.79 Å². The second kappa shape index (κ2) is 8.15. The van der Waals surface area contributed by atoms with Crippen LogP contribution in [0.5, 0.6) is 0 Å². The van der Waals surface area contributed by atoms with E-state index < -0.39 is 0 Å². The van der Waals surface area contributed by atoms with Gasteiger partial charge in [-0.3, -0.25) is 9.78 Å². The molecule has 1 atom stereocenters. The fourth-order valence-corrected chi connectivity index (χ4v) is 3.76. The van der Waals surface area contributed by atoms with Gasteiger partial charge in [0, 0.05) is 24.2 Å². The van der Waals surface area contributed by atoms with E-state index in [0.29, 0.717) is 29.6 Å². The van der Waals surface area contributed by atoms with Crippen molar-refractivity contribution >= 4 is 17.5 Å². The first-order valence-corrected chi connectivity index (χ1v) is 9.91. The first kappa shape index (κ1) is 18.7. The molecule has 1 fully saturated rings. The molecule has 1 saturated heterocycles. The Hall–Kier alpha value is -2.66. The average Bonchev–Trinajstić information content (AvgIpc) is 3.18. The zero-order chi connectivity index (χ0) is 19.5. The number of nitrogens with zero attached hydrogens (tertiary/aromatic N) is 3. The number of carbonyl (C=O) groups is 1. The molecule has 1 aliphatic heterocycles. The molecule has 5 nitrogen and oxygen atoms in total. The zero-order valence-corrected chi connectivity index (χ0v) is 16.5. The lowest BCUT2D eigenvalue weighted by atomic mass is 10.0. The second-order valence-corrected chi connectivity index (χ2v) is 7.58. The van der Waals surface area contributed by atoms with E-state index in [1.165, 1.54) is 0 Å². The fraction of sp³-hybridized carbons (Fsp3) is 0.318. The molecule has 1 aromatic carbocycles. The summed E-state index contributed by atoms with van der Waals surface area (Å²) < 4.78 is 6.05. The summed E-state index contributed by atoms with van der Waals surface area (Å²) in [5, 5.41) is 0.711. The van der Waals surface area contributed by atoms with Crippen LogP contribution < -0.4 is 0 Å². The lowest BCUT2D eigenvalue weighted by molar-refractivity contribution is 0.0563. The summed E-state index contributed by atoms with van der Waals surface area (Å²) in [6, 6.07) is 11.3. The molecule has 2 aromatic heterocycles. The number of amides is 1. The number of oxazole rings is 1. The number of pyridine rings is 1. The third-order valence-corrected chi connectivity index (χ3v) is 5.38. The smallest absolute Gasteiger partial charge is 0.273 e. The lowest BCUT2D eigenvalue weighted by Crippen LogP contribution is -2.39. The van der Waals surface area contributed by atoms with Gasteiger partial charge < -0.3 is 9.32 Å². The van der Waals surface area contributed by atoms with Crippen LogP contribution in [0.25, 0.3) is 0 Å². The molecule has 0 radical (unpaired) electrons. The molecule has 0 aliphatic carbocycles. The van der Waals surface area contributed by atoms with Crippen molar-refractivity contribution in [3.8, 4) is 0 Å². The molecule has 4 rings (SSSR count). The van der Waals surface area contributed by atoms with Crippen molar-refractivity contribution in [1.82, 2.24) is 14.9 Å². The van der Waals surface area contributed by atoms with E-state index in [1.54, 1.807) is 12.4 Å². The van der Waals surface area contributed by atoms with Crippen LogP contribution in [0.15, 0.2) is 53.2 Å². The van der Waals surface area contributed by atoms with Crippen LogP contribution in [-0.4, -0.2) is 27.3 Å². The minimum absolute atomic E-state index is 0.0553. The van der Waals surface area contributed by atoms with Crippen LogP contribution in [0, 0.1) is 6.92 Å². The molecule has 3 aromatic rings. The monoisotopic (exact) mass is 395 g/mol. The first-order chi connectivity index (χ1) is 13.6. The van der Waals surface area contributed by atoms with E-state index in [2.05, 4.69) is 9.97 Å². The Kier molecular flexibility index (Phi) is 5.44. The number of aromatic nitrogens is 2. The standard InChI is InChI=1S/C22H22ClN3O2/c1-15-5-4-11-24-20(15)22(27)26-12-3-2-6-19(26)21-25-14-18(28-21)13-16-7-9-17(23)10-8-16/h4-5,7-11,14,19H,2-3,6,12-13H2,1H3/t19-/m0/s1. The van der Waals surface area contributed by atoms with Crippen molar-refractivity contribution in [2.24, 2.45) is 0 Å². The van der Waals surface area contributed by atoms with Crippen LogP contribution in [0.1, 0.15) is 58.6 Å². The van der Waals surface area contributed by atoms with Gasteiger partial charge >= 0.3 is 0 Å². The Morgan fingerprint density at radius 1 is 1.21 bits per heavy atom.